The molecule has 126 valence electrons. The molecule has 9 heteroatoms. The molecule has 7 nitrogen and oxygen atoms in total. The molecule has 0 saturated heterocycles. The maximum atomic E-state index is 11.8. The molecule has 1 aromatic heterocycles. The number of hydrogen-bond donors (Lipinski definition) is 1. The van der Waals surface area contributed by atoms with Crippen LogP contribution in [0.2, 0.25) is 0 Å². The van der Waals surface area contributed by atoms with Gasteiger partial charge >= 0.3 is 5.82 Å². The Labute approximate surface area is 136 Å². The first-order chi connectivity index (χ1) is 9.93. The molecule has 1 aliphatic rings. The lowest BCUT2D eigenvalue weighted by Gasteiger charge is -2.29. The summed E-state index contributed by atoms with van der Waals surface area (Å²) in [6.07, 6.45) is 9.27. The number of aryl methyl sites for hydroxylation is 1. The monoisotopic (exact) mass is 351 g/mol. The summed E-state index contributed by atoms with van der Waals surface area (Å²) >= 11 is 0. The minimum absolute atomic E-state index is 0. The fourth-order valence-corrected chi connectivity index (χ4v) is 4.14. The topological polar surface area (TPSA) is 84.8 Å². The zero-order valence-corrected chi connectivity index (χ0v) is 14.3. The smallest absolute Gasteiger partial charge is 0.305 e. The van der Waals surface area contributed by atoms with E-state index in [9.17, 15) is 8.42 Å². The van der Waals surface area contributed by atoms with E-state index in [1.807, 2.05) is 13.2 Å². The summed E-state index contributed by atoms with van der Waals surface area (Å²) in [5.41, 5.74) is 0. The highest BCUT2D eigenvalue weighted by Crippen LogP contribution is 2.26. The van der Waals surface area contributed by atoms with Crippen LogP contribution in [0.3, 0.4) is 0 Å². The Balaban J connectivity index is 0.00000242. The van der Waals surface area contributed by atoms with Crippen LogP contribution in [0.25, 0.3) is 0 Å². The Morgan fingerprint density at radius 2 is 2.18 bits per heavy atom. The Bertz CT molecular complexity index is 615. The standard InChI is InChI=1S/C13H21N3O4S.ClH/c1-15-7-8-16(13(15)9-14-17)10-20-11-5-3-4-6-12(11)21(2,18)19;/h7-9,11-12H,3-6,10H2,1-2H3;1H/t11?,12-;/m1./s1. The predicted molar refractivity (Wildman–Crippen MR) is 77.0 cm³/mol. The van der Waals surface area contributed by atoms with Gasteiger partial charge in [0.05, 0.1) is 18.4 Å². The average Bonchev–Trinajstić information content (AvgIpc) is 2.78. The molecular formula is C13H22ClN3O4S. The highest BCUT2D eigenvalue weighted by Gasteiger charge is 2.34. The maximum absolute atomic E-state index is 11.8. The molecule has 1 heterocycles. The molecule has 0 amide bonds. The van der Waals surface area contributed by atoms with Gasteiger partial charge in [0.25, 0.3) is 0 Å². The molecular weight excluding hydrogens is 330 g/mol. The molecule has 0 radical (unpaired) electrons. The van der Waals surface area contributed by atoms with Crippen LogP contribution in [0.5, 0.6) is 0 Å². The molecule has 0 aliphatic heterocycles. The zero-order valence-electron chi connectivity index (χ0n) is 12.7. The molecule has 2 atom stereocenters. The van der Waals surface area contributed by atoms with Crippen molar-refractivity contribution in [1.29, 1.82) is 0 Å². The van der Waals surface area contributed by atoms with Crippen molar-refractivity contribution in [3.8, 4) is 0 Å². The van der Waals surface area contributed by atoms with E-state index in [4.69, 9.17) is 9.94 Å². The quantitative estimate of drug-likeness (QED) is 0.274. The van der Waals surface area contributed by atoms with E-state index in [2.05, 4.69) is 5.16 Å². The van der Waals surface area contributed by atoms with Crippen molar-refractivity contribution in [3.05, 3.63) is 18.2 Å². The van der Waals surface area contributed by atoms with Gasteiger partial charge in [0, 0.05) is 6.26 Å². The van der Waals surface area contributed by atoms with Crippen molar-refractivity contribution in [2.45, 2.75) is 43.8 Å². The van der Waals surface area contributed by atoms with Gasteiger partial charge in [-0.2, -0.15) is 0 Å². The van der Waals surface area contributed by atoms with E-state index < -0.39 is 15.1 Å². The van der Waals surface area contributed by atoms with Gasteiger partial charge in [-0.05, 0) is 12.8 Å². The van der Waals surface area contributed by atoms with Gasteiger partial charge < -0.3 is 22.4 Å². The lowest BCUT2D eigenvalue weighted by molar-refractivity contribution is -0.672. The van der Waals surface area contributed by atoms with Crippen molar-refractivity contribution in [3.63, 3.8) is 0 Å². The molecule has 0 spiro atoms. The second kappa shape index (κ2) is 7.94. The van der Waals surface area contributed by atoms with Crippen LogP contribution in [-0.2, 0) is 28.4 Å². The third kappa shape index (κ3) is 4.44. The lowest BCUT2D eigenvalue weighted by Crippen LogP contribution is -3.00. The number of nitrogens with zero attached hydrogens (tertiary/aromatic N) is 3. The van der Waals surface area contributed by atoms with Crippen LogP contribution in [0.1, 0.15) is 31.5 Å². The van der Waals surface area contributed by atoms with Crippen molar-refractivity contribution in [1.82, 2.24) is 4.57 Å². The summed E-state index contributed by atoms with van der Waals surface area (Å²) < 4.78 is 33.1. The van der Waals surface area contributed by atoms with Gasteiger partial charge in [-0.25, -0.2) is 17.6 Å². The number of oxime groups is 1. The van der Waals surface area contributed by atoms with E-state index in [0.29, 0.717) is 12.2 Å². The first-order valence-corrected chi connectivity index (χ1v) is 8.91. The van der Waals surface area contributed by atoms with Crippen LogP contribution < -0.4 is 17.0 Å². The molecule has 1 unspecified atom stereocenters. The molecule has 1 aromatic rings. The first-order valence-electron chi connectivity index (χ1n) is 6.96. The van der Waals surface area contributed by atoms with Crippen LogP contribution in [0.4, 0.5) is 0 Å². The van der Waals surface area contributed by atoms with Crippen molar-refractivity contribution in [2.24, 2.45) is 12.2 Å². The summed E-state index contributed by atoms with van der Waals surface area (Å²) in [6.45, 7) is 0.235. The van der Waals surface area contributed by atoms with Gasteiger partial charge in [-0.3, -0.25) is 0 Å². The Morgan fingerprint density at radius 3 is 2.82 bits per heavy atom. The van der Waals surface area contributed by atoms with Crippen LogP contribution in [0, 0.1) is 0 Å². The summed E-state index contributed by atoms with van der Waals surface area (Å²) in [4.78, 5) is 0. The number of ether oxygens (including phenoxy) is 1. The first kappa shape index (κ1) is 18.9. The van der Waals surface area contributed by atoms with E-state index in [0.717, 1.165) is 19.3 Å². The number of aromatic nitrogens is 2. The number of hydrogen-bond acceptors (Lipinski definition) is 5. The van der Waals surface area contributed by atoms with E-state index in [1.54, 1.807) is 15.3 Å². The van der Waals surface area contributed by atoms with E-state index in [1.165, 1.54) is 12.5 Å². The second-order valence-corrected chi connectivity index (χ2v) is 7.73. The maximum Gasteiger partial charge on any atom is 0.305 e. The number of imidazole rings is 1. The summed E-state index contributed by atoms with van der Waals surface area (Å²) in [5, 5.41) is 11.3. The summed E-state index contributed by atoms with van der Waals surface area (Å²) in [6, 6.07) is 0. The fraction of sp³-hybridized carbons (Fsp3) is 0.692. The predicted octanol–water partition coefficient (Wildman–Crippen LogP) is -2.55. The van der Waals surface area contributed by atoms with Crippen molar-refractivity contribution < 1.29 is 35.3 Å². The molecule has 0 aromatic carbocycles. The number of sulfone groups is 1. The van der Waals surface area contributed by atoms with E-state index in [-0.39, 0.29) is 25.2 Å². The lowest BCUT2D eigenvalue weighted by atomic mass is 9.97. The highest BCUT2D eigenvalue weighted by molar-refractivity contribution is 7.91. The van der Waals surface area contributed by atoms with Gasteiger partial charge in [0.1, 0.15) is 12.4 Å². The second-order valence-electron chi connectivity index (χ2n) is 5.47. The molecule has 2 rings (SSSR count). The Kier molecular flexibility index (Phi) is 6.83. The third-order valence-corrected chi connectivity index (χ3v) is 5.56. The van der Waals surface area contributed by atoms with Gasteiger partial charge in [0.2, 0.25) is 0 Å². The van der Waals surface area contributed by atoms with Crippen molar-refractivity contribution >= 4 is 16.1 Å². The van der Waals surface area contributed by atoms with Gasteiger partial charge in [-0.15, -0.1) is 0 Å². The number of halogens is 1. The third-order valence-electron chi connectivity index (χ3n) is 3.92. The molecule has 22 heavy (non-hydrogen) atoms. The summed E-state index contributed by atoms with van der Waals surface area (Å²) in [7, 11) is -1.27. The Morgan fingerprint density at radius 1 is 1.50 bits per heavy atom. The SMILES string of the molecule is C[n+]1ccn(COC2CCCC[C@H]2S(C)(=O)=O)c1/C=N/O.[Cl-]. The minimum Gasteiger partial charge on any atom is -1.00 e. The molecule has 1 N–H and O–H groups in total. The normalized spacial score (nSPS) is 22.6. The molecule has 0 bridgehead atoms. The Hall–Kier alpha value is -1.12. The highest BCUT2D eigenvalue weighted by atomic mass is 35.5. The van der Waals surface area contributed by atoms with Crippen LogP contribution >= 0.6 is 0 Å². The zero-order chi connectivity index (χ0) is 15.5. The molecule has 1 saturated carbocycles. The van der Waals surface area contributed by atoms with E-state index >= 15 is 0 Å². The summed E-state index contributed by atoms with van der Waals surface area (Å²) in [5.74, 6) is 0.671. The molecule has 1 aliphatic carbocycles. The average molecular weight is 352 g/mol. The van der Waals surface area contributed by atoms with Gasteiger partial charge in [-0.1, -0.05) is 18.0 Å². The van der Waals surface area contributed by atoms with Crippen LogP contribution in [-0.4, -0.2) is 42.0 Å². The van der Waals surface area contributed by atoms with Gasteiger partial charge in [0.15, 0.2) is 22.8 Å². The van der Waals surface area contributed by atoms with Crippen molar-refractivity contribution in [2.75, 3.05) is 6.26 Å². The molecule has 1 fully saturated rings. The fourth-order valence-electron chi connectivity index (χ4n) is 2.78. The van der Waals surface area contributed by atoms with Crippen LogP contribution in [0.15, 0.2) is 17.5 Å². The number of rotatable bonds is 5. The minimum atomic E-state index is -3.10. The largest absolute Gasteiger partial charge is 1.00 e.